The predicted octanol–water partition coefficient (Wildman–Crippen LogP) is 5.81. The normalized spacial score (nSPS) is 12.9. The van der Waals surface area contributed by atoms with E-state index in [-0.39, 0.29) is 6.04 Å². The standard InChI is InChI=1S/C16H16BrNS2/c1-2-7-18-15(14-9-12(17)10-20-14)13-5-3-4-11-6-8-19-16(11)13/h3-6,8-10,15,18H,2,7H2,1H3. The second-order valence-electron chi connectivity index (χ2n) is 4.74. The smallest absolute Gasteiger partial charge is 0.0685 e. The van der Waals surface area contributed by atoms with Crippen molar-refractivity contribution in [3.05, 3.63) is 56.0 Å². The highest BCUT2D eigenvalue weighted by molar-refractivity contribution is 9.10. The summed E-state index contributed by atoms with van der Waals surface area (Å²) in [6.07, 6.45) is 1.14. The van der Waals surface area contributed by atoms with Crippen LogP contribution in [0.5, 0.6) is 0 Å². The zero-order chi connectivity index (χ0) is 13.9. The monoisotopic (exact) mass is 365 g/mol. The Morgan fingerprint density at radius 2 is 2.15 bits per heavy atom. The molecule has 0 aliphatic heterocycles. The molecule has 2 aromatic heterocycles. The number of rotatable bonds is 5. The molecular weight excluding hydrogens is 350 g/mol. The fourth-order valence-corrected chi connectivity index (χ4v) is 4.86. The maximum absolute atomic E-state index is 3.69. The number of nitrogens with one attached hydrogen (secondary N) is 1. The van der Waals surface area contributed by atoms with Crippen molar-refractivity contribution in [2.45, 2.75) is 19.4 Å². The molecule has 1 N–H and O–H groups in total. The Balaban J connectivity index is 2.06. The minimum absolute atomic E-state index is 0.286. The van der Waals surface area contributed by atoms with Crippen molar-refractivity contribution in [3.63, 3.8) is 0 Å². The second-order valence-corrected chi connectivity index (χ2v) is 7.52. The van der Waals surface area contributed by atoms with Crippen LogP contribution < -0.4 is 5.32 Å². The van der Waals surface area contributed by atoms with Crippen LogP contribution in [0.2, 0.25) is 0 Å². The van der Waals surface area contributed by atoms with Crippen LogP contribution in [0.1, 0.15) is 29.8 Å². The largest absolute Gasteiger partial charge is 0.306 e. The molecule has 0 amide bonds. The lowest BCUT2D eigenvalue weighted by molar-refractivity contribution is 0.609. The summed E-state index contributed by atoms with van der Waals surface area (Å²) in [6.45, 7) is 3.24. The maximum atomic E-state index is 3.69. The Kier molecular flexibility index (Phi) is 4.56. The average Bonchev–Trinajstić information content (AvgIpc) is 3.08. The minimum Gasteiger partial charge on any atom is -0.306 e. The molecule has 0 radical (unpaired) electrons. The van der Waals surface area contributed by atoms with Crippen LogP contribution in [0.4, 0.5) is 0 Å². The molecule has 0 aliphatic carbocycles. The van der Waals surface area contributed by atoms with Gasteiger partial charge in [-0.05, 0) is 57.4 Å². The summed E-state index contributed by atoms with van der Waals surface area (Å²) < 4.78 is 2.56. The molecule has 0 spiro atoms. The first-order valence-corrected chi connectivity index (χ1v) is 9.28. The molecule has 0 fully saturated rings. The minimum atomic E-state index is 0.286. The molecule has 1 atom stereocenters. The van der Waals surface area contributed by atoms with E-state index in [1.807, 2.05) is 22.7 Å². The van der Waals surface area contributed by atoms with E-state index in [1.165, 1.54) is 25.0 Å². The molecule has 0 saturated heterocycles. The van der Waals surface area contributed by atoms with Crippen molar-refractivity contribution in [2.24, 2.45) is 0 Å². The fraction of sp³-hybridized carbons (Fsp3) is 0.250. The number of halogens is 1. The van der Waals surface area contributed by atoms with Gasteiger partial charge in [0.05, 0.1) is 6.04 Å². The molecular formula is C16H16BrNS2. The van der Waals surface area contributed by atoms with Gasteiger partial charge in [-0.1, -0.05) is 25.1 Å². The Labute approximate surface area is 135 Å². The van der Waals surface area contributed by atoms with Gasteiger partial charge in [-0.3, -0.25) is 0 Å². The number of hydrogen-bond donors (Lipinski definition) is 1. The molecule has 20 heavy (non-hydrogen) atoms. The summed E-state index contributed by atoms with van der Waals surface area (Å²) in [4.78, 5) is 1.37. The van der Waals surface area contributed by atoms with Crippen LogP contribution in [0, 0.1) is 0 Å². The van der Waals surface area contributed by atoms with Crippen molar-refractivity contribution < 1.29 is 0 Å². The lowest BCUT2D eigenvalue weighted by Crippen LogP contribution is -2.22. The topological polar surface area (TPSA) is 12.0 Å². The summed E-state index contributed by atoms with van der Waals surface area (Å²) in [5.74, 6) is 0. The zero-order valence-corrected chi connectivity index (χ0v) is 14.4. The quantitative estimate of drug-likeness (QED) is 0.600. The molecule has 1 aromatic carbocycles. The van der Waals surface area contributed by atoms with Gasteiger partial charge in [0, 0.05) is 19.4 Å². The summed E-state index contributed by atoms with van der Waals surface area (Å²) in [6, 6.07) is 11.3. The number of benzene rings is 1. The van der Waals surface area contributed by atoms with Gasteiger partial charge in [-0.2, -0.15) is 0 Å². The van der Waals surface area contributed by atoms with Crippen molar-refractivity contribution in [2.75, 3.05) is 6.54 Å². The Hall–Kier alpha value is -0.680. The Morgan fingerprint density at radius 3 is 2.90 bits per heavy atom. The van der Waals surface area contributed by atoms with Gasteiger partial charge in [0.15, 0.2) is 0 Å². The third-order valence-corrected chi connectivity index (χ3v) is 6.03. The third-order valence-electron chi connectivity index (χ3n) is 3.29. The van der Waals surface area contributed by atoms with Gasteiger partial charge in [0.1, 0.15) is 0 Å². The Bertz CT molecular complexity index is 701. The van der Waals surface area contributed by atoms with Crippen LogP contribution in [-0.4, -0.2) is 6.54 Å². The molecule has 3 rings (SSSR count). The van der Waals surface area contributed by atoms with Crippen LogP contribution in [-0.2, 0) is 0 Å². The number of hydrogen-bond acceptors (Lipinski definition) is 3. The SMILES string of the molecule is CCCNC(c1cc(Br)cs1)c1cccc2ccsc12. The summed E-state index contributed by atoms with van der Waals surface area (Å²) in [5.41, 5.74) is 1.39. The van der Waals surface area contributed by atoms with E-state index in [9.17, 15) is 0 Å². The first-order chi connectivity index (χ1) is 9.79. The van der Waals surface area contributed by atoms with Crippen LogP contribution in [0.15, 0.2) is 45.6 Å². The number of fused-ring (bicyclic) bond motifs is 1. The fourth-order valence-electron chi connectivity index (χ4n) is 2.38. The van der Waals surface area contributed by atoms with Gasteiger partial charge in [0.25, 0.3) is 0 Å². The van der Waals surface area contributed by atoms with E-state index in [0.717, 1.165) is 13.0 Å². The molecule has 104 valence electrons. The van der Waals surface area contributed by atoms with Crippen molar-refractivity contribution in [3.8, 4) is 0 Å². The molecule has 1 unspecified atom stereocenters. The molecule has 0 aliphatic rings. The van der Waals surface area contributed by atoms with Crippen LogP contribution >= 0.6 is 38.6 Å². The van der Waals surface area contributed by atoms with Gasteiger partial charge in [-0.25, -0.2) is 0 Å². The lowest BCUT2D eigenvalue weighted by atomic mass is 10.0. The predicted molar refractivity (Wildman–Crippen MR) is 94.0 cm³/mol. The Morgan fingerprint density at radius 1 is 1.25 bits per heavy atom. The molecule has 0 bridgehead atoms. The molecule has 0 saturated carbocycles. The van der Waals surface area contributed by atoms with E-state index >= 15 is 0 Å². The highest BCUT2D eigenvalue weighted by Crippen LogP contribution is 2.35. The van der Waals surface area contributed by atoms with E-state index in [4.69, 9.17) is 0 Å². The molecule has 1 nitrogen and oxygen atoms in total. The van der Waals surface area contributed by atoms with Crippen LogP contribution in [0.25, 0.3) is 10.1 Å². The first kappa shape index (κ1) is 14.3. The van der Waals surface area contributed by atoms with Gasteiger partial charge in [0.2, 0.25) is 0 Å². The molecule has 3 aromatic rings. The van der Waals surface area contributed by atoms with Crippen molar-refractivity contribution in [1.82, 2.24) is 5.32 Å². The lowest BCUT2D eigenvalue weighted by Gasteiger charge is -2.18. The highest BCUT2D eigenvalue weighted by Gasteiger charge is 2.18. The van der Waals surface area contributed by atoms with Crippen LogP contribution in [0.3, 0.4) is 0 Å². The third kappa shape index (κ3) is 2.84. The van der Waals surface area contributed by atoms with Crippen molar-refractivity contribution in [1.29, 1.82) is 0 Å². The molecule has 2 heterocycles. The summed E-state index contributed by atoms with van der Waals surface area (Å²) in [5, 5.41) is 9.37. The summed E-state index contributed by atoms with van der Waals surface area (Å²) in [7, 11) is 0. The molecule has 4 heteroatoms. The van der Waals surface area contributed by atoms with Gasteiger partial charge < -0.3 is 5.32 Å². The number of thiophene rings is 2. The van der Waals surface area contributed by atoms with E-state index < -0.39 is 0 Å². The second kappa shape index (κ2) is 6.39. The van der Waals surface area contributed by atoms with Crippen molar-refractivity contribution >= 4 is 48.7 Å². The summed E-state index contributed by atoms with van der Waals surface area (Å²) >= 11 is 7.21. The van der Waals surface area contributed by atoms with E-state index in [1.54, 1.807) is 0 Å². The average molecular weight is 366 g/mol. The highest BCUT2D eigenvalue weighted by atomic mass is 79.9. The van der Waals surface area contributed by atoms with Gasteiger partial charge in [-0.15, -0.1) is 22.7 Å². The van der Waals surface area contributed by atoms with Gasteiger partial charge >= 0.3 is 0 Å². The maximum Gasteiger partial charge on any atom is 0.0685 e. The first-order valence-electron chi connectivity index (χ1n) is 6.73. The zero-order valence-electron chi connectivity index (χ0n) is 11.2. The van der Waals surface area contributed by atoms with E-state index in [0.29, 0.717) is 0 Å². The van der Waals surface area contributed by atoms with E-state index in [2.05, 4.69) is 69.3 Å².